The van der Waals surface area contributed by atoms with Crippen LogP contribution in [0.15, 0.2) is 36.5 Å². The third kappa shape index (κ3) is 16.3. The molecule has 52 heavy (non-hydrogen) atoms. The van der Waals surface area contributed by atoms with Gasteiger partial charge in [0.2, 0.25) is 5.91 Å². The zero-order valence-corrected chi connectivity index (χ0v) is 31.0. The van der Waals surface area contributed by atoms with Crippen LogP contribution in [0.5, 0.6) is 0 Å². The summed E-state index contributed by atoms with van der Waals surface area (Å²) in [6.45, 7) is 2.55. The molecular formula is C38H67NO13. The summed E-state index contributed by atoms with van der Waals surface area (Å²) in [4.78, 5) is 12.9. The van der Waals surface area contributed by atoms with Gasteiger partial charge in [0.05, 0.1) is 32.0 Å². The fraction of sp³-hybridized carbons (Fsp3) is 0.816. The van der Waals surface area contributed by atoms with E-state index < -0.39 is 86.8 Å². The second-order valence-electron chi connectivity index (χ2n) is 13.7. The third-order valence-electron chi connectivity index (χ3n) is 9.37. The minimum atomic E-state index is -1.78. The number of hydrogen-bond acceptors (Lipinski definition) is 13. The topological polar surface area (TPSA) is 228 Å². The molecule has 2 heterocycles. The van der Waals surface area contributed by atoms with Gasteiger partial charge in [0.25, 0.3) is 0 Å². The van der Waals surface area contributed by atoms with E-state index in [1.165, 1.54) is 0 Å². The van der Waals surface area contributed by atoms with Gasteiger partial charge < -0.3 is 65.1 Å². The van der Waals surface area contributed by atoms with Crippen molar-refractivity contribution < 1.29 is 64.6 Å². The van der Waals surface area contributed by atoms with Crippen molar-refractivity contribution in [1.82, 2.24) is 5.32 Å². The van der Waals surface area contributed by atoms with E-state index in [1.807, 2.05) is 0 Å². The van der Waals surface area contributed by atoms with Gasteiger partial charge >= 0.3 is 0 Å². The van der Waals surface area contributed by atoms with Crippen LogP contribution in [0.2, 0.25) is 0 Å². The van der Waals surface area contributed by atoms with Crippen molar-refractivity contribution in [2.75, 3.05) is 19.8 Å². The van der Waals surface area contributed by atoms with Gasteiger partial charge in [-0.15, -0.1) is 0 Å². The highest BCUT2D eigenvalue weighted by Crippen LogP contribution is 2.30. The number of rotatable bonds is 26. The summed E-state index contributed by atoms with van der Waals surface area (Å²) < 4.78 is 22.5. The summed E-state index contributed by atoms with van der Waals surface area (Å²) in [5.41, 5.74) is 0. The Morgan fingerprint density at radius 3 is 2.00 bits per heavy atom. The van der Waals surface area contributed by atoms with E-state index in [0.29, 0.717) is 12.8 Å². The van der Waals surface area contributed by atoms with Crippen molar-refractivity contribution in [3.8, 4) is 0 Å². The minimum Gasteiger partial charge on any atom is -0.394 e. The lowest BCUT2D eigenvalue weighted by molar-refractivity contribution is -0.359. The molecule has 0 saturated carbocycles. The first-order chi connectivity index (χ1) is 25.1. The quantitative estimate of drug-likeness (QED) is 0.0454. The van der Waals surface area contributed by atoms with E-state index in [0.717, 1.165) is 70.6 Å². The van der Waals surface area contributed by atoms with Crippen molar-refractivity contribution >= 4 is 5.91 Å². The molecule has 0 aliphatic carbocycles. The molecule has 0 spiro atoms. The number of nitrogens with one attached hydrogen (secondary N) is 1. The van der Waals surface area contributed by atoms with Crippen LogP contribution in [0.4, 0.5) is 0 Å². The molecule has 0 bridgehead atoms. The Hall–Kier alpha value is -1.79. The van der Waals surface area contributed by atoms with Crippen molar-refractivity contribution in [3.63, 3.8) is 0 Å². The van der Waals surface area contributed by atoms with Crippen LogP contribution in [0.1, 0.15) is 104 Å². The lowest BCUT2D eigenvalue weighted by atomic mass is 9.97. The Morgan fingerprint density at radius 1 is 0.712 bits per heavy atom. The van der Waals surface area contributed by atoms with Crippen LogP contribution in [-0.2, 0) is 23.7 Å². The summed E-state index contributed by atoms with van der Waals surface area (Å²) >= 11 is 0. The smallest absolute Gasteiger partial charge is 0.220 e. The van der Waals surface area contributed by atoms with E-state index >= 15 is 0 Å². The number of carbonyl (C=O) groups is 1. The highest BCUT2D eigenvalue weighted by molar-refractivity contribution is 5.76. The molecule has 2 rings (SSSR count). The van der Waals surface area contributed by atoms with Gasteiger partial charge in [0.1, 0.15) is 48.8 Å². The predicted octanol–water partition coefficient (Wildman–Crippen LogP) is 1.64. The normalized spacial score (nSPS) is 31.1. The summed E-state index contributed by atoms with van der Waals surface area (Å²) in [5.74, 6) is -0.247. The highest BCUT2D eigenvalue weighted by Gasteiger charge is 2.50. The van der Waals surface area contributed by atoms with Crippen molar-refractivity contribution in [2.24, 2.45) is 0 Å². The highest BCUT2D eigenvalue weighted by atomic mass is 16.7. The number of amides is 1. The molecule has 12 atom stereocenters. The molecule has 302 valence electrons. The molecule has 14 heteroatoms. The van der Waals surface area contributed by atoms with Gasteiger partial charge in [-0.05, 0) is 44.9 Å². The maximum absolute atomic E-state index is 12.9. The number of carbonyl (C=O) groups excluding carboxylic acids is 1. The fourth-order valence-corrected chi connectivity index (χ4v) is 6.13. The van der Waals surface area contributed by atoms with Crippen LogP contribution in [0.3, 0.4) is 0 Å². The molecule has 2 aliphatic rings. The monoisotopic (exact) mass is 745 g/mol. The molecule has 2 aliphatic heterocycles. The Morgan fingerprint density at radius 2 is 1.33 bits per heavy atom. The van der Waals surface area contributed by atoms with Gasteiger partial charge in [0, 0.05) is 6.42 Å². The number of ether oxygens (including phenoxy) is 4. The molecule has 12 unspecified atom stereocenters. The standard InChI is InChI=1S/C38H67NO13/c1-3-5-7-9-10-11-12-13-14-15-16-18-20-22-30(43)39-26(27(42)21-19-17-8-6-4-2)25-49-37-35(48)33(46)36(29(24-41)51-37)52-38-34(47)32(45)31(44)28(23-40)50-38/h5,7,10-11,13-14,26-29,31-38,40-42,44-48H,3-4,6,8-9,12,15-25H2,1-2H3,(H,39,43)/b7-5-,11-10-,14-13-. The summed E-state index contributed by atoms with van der Waals surface area (Å²) in [7, 11) is 0. The van der Waals surface area contributed by atoms with Crippen molar-refractivity contribution in [2.45, 2.75) is 177 Å². The number of unbranched alkanes of at least 4 members (excludes halogenated alkanes) is 7. The summed E-state index contributed by atoms with van der Waals surface area (Å²) in [5, 5.41) is 85.8. The van der Waals surface area contributed by atoms with Crippen LogP contribution in [0, 0.1) is 0 Å². The molecule has 2 saturated heterocycles. The molecule has 0 aromatic rings. The van der Waals surface area contributed by atoms with Crippen LogP contribution in [0.25, 0.3) is 0 Å². The summed E-state index contributed by atoms with van der Waals surface area (Å²) in [6.07, 6.45) is 8.02. The molecule has 0 aromatic carbocycles. The number of allylic oxidation sites excluding steroid dienone is 6. The minimum absolute atomic E-state index is 0.247. The number of aliphatic hydroxyl groups is 8. The zero-order chi connectivity index (χ0) is 38.3. The molecule has 1 amide bonds. The Bertz CT molecular complexity index is 1020. The second kappa shape index (κ2) is 26.9. The average molecular weight is 746 g/mol. The number of aliphatic hydroxyl groups excluding tert-OH is 8. The summed E-state index contributed by atoms with van der Waals surface area (Å²) in [6, 6.07) is -0.837. The first kappa shape index (κ1) is 46.4. The van der Waals surface area contributed by atoms with Crippen molar-refractivity contribution in [1.29, 1.82) is 0 Å². The zero-order valence-electron chi connectivity index (χ0n) is 31.0. The van der Waals surface area contributed by atoms with Gasteiger partial charge in [-0.25, -0.2) is 0 Å². The van der Waals surface area contributed by atoms with E-state index in [-0.39, 0.29) is 18.9 Å². The first-order valence-corrected chi connectivity index (χ1v) is 19.2. The Balaban J connectivity index is 1.91. The van der Waals surface area contributed by atoms with Gasteiger partial charge in [-0.3, -0.25) is 4.79 Å². The van der Waals surface area contributed by atoms with Gasteiger partial charge in [-0.1, -0.05) is 88.8 Å². The Labute approximate surface area is 309 Å². The lowest BCUT2D eigenvalue weighted by Crippen LogP contribution is -2.65. The predicted molar refractivity (Wildman–Crippen MR) is 194 cm³/mol. The fourth-order valence-electron chi connectivity index (χ4n) is 6.13. The maximum Gasteiger partial charge on any atom is 0.220 e. The van der Waals surface area contributed by atoms with Crippen molar-refractivity contribution in [3.05, 3.63) is 36.5 Å². The van der Waals surface area contributed by atoms with Crippen LogP contribution >= 0.6 is 0 Å². The first-order valence-electron chi connectivity index (χ1n) is 19.2. The molecular weight excluding hydrogens is 678 g/mol. The molecule has 2 fully saturated rings. The molecule has 0 radical (unpaired) electrons. The van der Waals surface area contributed by atoms with E-state index in [4.69, 9.17) is 18.9 Å². The SMILES string of the molecule is CC/C=C\C/C=C\C/C=C\CCCCCC(=O)NC(COC1OC(CO)C(OC2OC(CO)C(O)C(O)C2O)C(O)C1O)C(O)CCCCCCC. The van der Waals surface area contributed by atoms with Gasteiger partial charge in [0.15, 0.2) is 12.6 Å². The van der Waals surface area contributed by atoms with Crippen LogP contribution < -0.4 is 5.32 Å². The lowest BCUT2D eigenvalue weighted by Gasteiger charge is -2.46. The molecule has 9 N–H and O–H groups in total. The average Bonchev–Trinajstić information content (AvgIpc) is 3.14. The van der Waals surface area contributed by atoms with E-state index in [9.17, 15) is 45.6 Å². The van der Waals surface area contributed by atoms with Gasteiger partial charge in [-0.2, -0.15) is 0 Å². The van der Waals surface area contributed by atoms with Crippen LogP contribution in [-0.4, -0.2) is 140 Å². The largest absolute Gasteiger partial charge is 0.394 e. The molecule has 0 aromatic heterocycles. The van der Waals surface area contributed by atoms with E-state index in [2.05, 4.69) is 55.6 Å². The molecule has 14 nitrogen and oxygen atoms in total. The van der Waals surface area contributed by atoms with E-state index in [1.54, 1.807) is 0 Å². The number of hydrogen-bond donors (Lipinski definition) is 9. The maximum atomic E-state index is 12.9. The third-order valence-corrected chi connectivity index (χ3v) is 9.37. The second-order valence-corrected chi connectivity index (χ2v) is 13.7. The Kier molecular flexibility index (Phi) is 24.0.